The second-order valence-corrected chi connectivity index (χ2v) is 7.91. The van der Waals surface area contributed by atoms with Gasteiger partial charge in [0.15, 0.2) is 0 Å². The maximum Gasteiger partial charge on any atom is 0.244 e. The summed E-state index contributed by atoms with van der Waals surface area (Å²) in [7, 11) is -3.34. The SMILES string of the molecule is Cc1cc(S(=O)(=O)N2CCCC(N)C2)c(C)s1.Cl. The zero-order valence-electron chi connectivity index (χ0n) is 10.5. The Morgan fingerprint density at radius 3 is 2.61 bits per heavy atom. The second-order valence-electron chi connectivity index (χ2n) is 4.54. The molecule has 18 heavy (non-hydrogen) atoms. The second kappa shape index (κ2) is 5.88. The van der Waals surface area contributed by atoms with Gasteiger partial charge in [-0.25, -0.2) is 8.42 Å². The first-order valence-electron chi connectivity index (χ1n) is 5.74. The van der Waals surface area contributed by atoms with Crippen LogP contribution in [-0.2, 0) is 10.0 Å². The maximum atomic E-state index is 12.4. The van der Waals surface area contributed by atoms with Gasteiger partial charge in [-0.1, -0.05) is 0 Å². The minimum Gasteiger partial charge on any atom is -0.327 e. The van der Waals surface area contributed by atoms with E-state index in [0.29, 0.717) is 18.0 Å². The van der Waals surface area contributed by atoms with Gasteiger partial charge in [-0.2, -0.15) is 4.31 Å². The van der Waals surface area contributed by atoms with Crippen molar-refractivity contribution < 1.29 is 8.42 Å². The molecule has 104 valence electrons. The number of rotatable bonds is 2. The van der Waals surface area contributed by atoms with Gasteiger partial charge in [0, 0.05) is 28.9 Å². The molecule has 1 atom stereocenters. The van der Waals surface area contributed by atoms with Gasteiger partial charge >= 0.3 is 0 Å². The molecule has 0 amide bonds. The quantitative estimate of drug-likeness (QED) is 0.907. The Kier molecular flexibility index (Phi) is 5.20. The van der Waals surface area contributed by atoms with E-state index >= 15 is 0 Å². The highest BCUT2D eigenvalue weighted by molar-refractivity contribution is 7.89. The van der Waals surface area contributed by atoms with Crippen molar-refractivity contribution in [3.8, 4) is 0 Å². The minimum absolute atomic E-state index is 0. The fourth-order valence-electron chi connectivity index (χ4n) is 2.19. The smallest absolute Gasteiger partial charge is 0.244 e. The highest BCUT2D eigenvalue weighted by atomic mass is 35.5. The monoisotopic (exact) mass is 310 g/mol. The van der Waals surface area contributed by atoms with E-state index in [1.165, 1.54) is 15.6 Å². The number of piperidine rings is 1. The number of aryl methyl sites for hydroxylation is 2. The lowest BCUT2D eigenvalue weighted by Crippen LogP contribution is -2.45. The summed E-state index contributed by atoms with van der Waals surface area (Å²) in [5, 5.41) is 0. The fourth-order valence-corrected chi connectivity index (χ4v) is 5.25. The van der Waals surface area contributed by atoms with E-state index < -0.39 is 10.0 Å². The van der Waals surface area contributed by atoms with Crippen LogP contribution in [-0.4, -0.2) is 31.9 Å². The molecule has 1 aliphatic heterocycles. The number of nitrogens with zero attached hydrogens (tertiary/aromatic N) is 1. The van der Waals surface area contributed by atoms with E-state index in [9.17, 15) is 8.42 Å². The van der Waals surface area contributed by atoms with E-state index in [1.807, 2.05) is 13.8 Å². The zero-order chi connectivity index (χ0) is 12.6. The summed E-state index contributed by atoms with van der Waals surface area (Å²) in [6.07, 6.45) is 1.76. The first-order valence-corrected chi connectivity index (χ1v) is 7.99. The molecule has 2 heterocycles. The van der Waals surface area contributed by atoms with Crippen LogP contribution < -0.4 is 5.73 Å². The Morgan fingerprint density at radius 1 is 1.44 bits per heavy atom. The molecule has 0 aliphatic carbocycles. The molecular formula is C11H19ClN2O2S2. The Morgan fingerprint density at radius 2 is 2.11 bits per heavy atom. The van der Waals surface area contributed by atoms with Gasteiger partial charge in [0.05, 0.1) is 4.90 Å². The van der Waals surface area contributed by atoms with Crippen molar-refractivity contribution in [1.29, 1.82) is 0 Å². The van der Waals surface area contributed by atoms with E-state index in [0.717, 1.165) is 22.6 Å². The predicted molar refractivity (Wildman–Crippen MR) is 77.0 cm³/mol. The van der Waals surface area contributed by atoms with Crippen molar-refractivity contribution in [2.45, 2.75) is 37.6 Å². The molecule has 7 heteroatoms. The number of hydrogen-bond acceptors (Lipinski definition) is 4. The molecule has 0 aromatic carbocycles. The van der Waals surface area contributed by atoms with E-state index in [-0.39, 0.29) is 18.4 Å². The Balaban J connectivity index is 0.00000162. The third-order valence-corrected chi connectivity index (χ3v) is 6.12. The van der Waals surface area contributed by atoms with Crippen LogP contribution in [0.5, 0.6) is 0 Å². The van der Waals surface area contributed by atoms with Crippen LogP contribution in [0.2, 0.25) is 0 Å². The Hall–Kier alpha value is -0.140. The van der Waals surface area contributed by atoms with Crippen molar-refractivity contribution in [3.63, 3.8) is 0 Å². The molecule has 1 saturated heterocycles. The van der Waals surface area contributed by atoms with Crippen LogP contribution in [0.4, 0.5) is 0 Å². The van der Waals surface area contributed by atoms with Gasteiger partial charge in [-0.15, -0.1) is 23.7 Å². The van der Waals surface area contributed by atoms with Gasteiger partial charge in [0.25, 0.3) is 0 Å². The lowest BCUT2D eigenvalue weighted by Gasteiger charge is -2.29. The number of nitrogens with two attached hydrogens (primary N) is 1. The van der Waals surface area contributed by atoms with Gasteiger partial charge in [0.1, 0.15) is 0 Å². The molecular weight excluding hydrogens is 292 g/mol. The van der Waals surface area contributed by atoms with Gasteiger partial charge < -0.3 is 5.73 Å². The summed E-state index contributed by atoms with van der Waals surface area (Å²) in [4.78, 5) is 2.35. The lowest BCUT2D eigenvalue weighted by atomic mass is 10.1. The van der Waals surface area contributed by atoms with E-state index in [1.54, 1.807) is 6.07 Å². The van der Waals surface area contributed by atoms with Crippen LogP contribution in [0, 0.1) is 13.8 Å². The average molecular weight is 311 g/mol. The molecule has 0 spiro atoms. The predicted octanol–water partition coefficient (Wildman–Crippen LogP) is 1.90. The van der Waals surface area contributed by atoms with Crippen LogP contribution >= 0.6 is 23.7 Å². The summed E-state index contributed by atoms with van der Waals surface area (Å²) >= 11 is 1.52. The van der Waals surface area contributed by atoms with Crippen molar-refractivity contribution in [2.24, 2.45) is 5.73 Å². The normalized spacial score (nSPS) is 21.6. The Labute approximate surface area is 119 Å². The Bertz CT molecular complexity index is 513. The summed E-state index contributed by atoms with van der Waals surface area (Å²) in [5.41, 5.74) is 5.84. The van der Waals surface area contributed by atoms with Crippen LogP contribution in [0.25, 0.3) is 0 Å². The van der Waals surface area contributed by atoms with E-state index in [4.69, 9.17) is 5.73 Å². The molecule has 1 aromatic rings. The van der Waals surface area contributed by atoms with Crippen molar-refractivity contribution in [1.82, 2.24) is 4.31 Å². The molecule has 4 nitrogen and oxygen atoms in total. The molecule has 0 bridgehead atoms. The van der Waals surface area contributed by atoms with E-state index in [2.05, 4.69) is 0 Å². The topological polar surface area (TPSA) is 63.4 Å². The highest BCUT2D eigenvalue weighted by Crippen LogP contribution is 2.28. The molecule has 1 unspecified atom stereocenters. The first kappa shape index (κ1) is 15.9. The molecule has 2 rings (SSSR count). The summed E-state index contributed by atoms with van der Waals surface area (Å²) in [5.74, 6) is 0. The zero-order valence-corrected chi connectivity index (χ0v) is 13.0. The summed E-state index contributed by atoms with van der Waals surface area (Å²) in [6, 6.07) is 1.73. The average Bonchev–Trinajstić information content (AvgIpc) is 2.58. The van der Waals surface area contributed by atoms with Crippen molar-refractivity contribution in [2.75, 3.05) is 13.1 Å². The molecule has 1 aliphatic rings. The van der Waals surface area contributed by atoms with Crippen molar-refractivity contribution in [3.05, 3.63) is 15.8 Å². The molecule has 1 fully saturated rings. The molecule has 0 radical (unpaired) electrons. The van der Waals surface area contributed by atoms with Crippen molar-refractivity contribution >= 4 is 33.8 Å². The molecule has 1 aromatic heterocycles. The summed E-state index contributed by atoms with van der Waals surface area (Å²) < 4.78 is 26.4. The number of sulfonamides is 1. The number of hydrogen-bond donors (Lipinski definition) is 1. The van der Waals surface area contributed by atoms with Gasteiger partial charge in [-0.3, -0.25) is 0 Å². The van der Waals surface area contributed by atoms with Crippen LogP contribution in [0.3, 0.4) is 0 Å². The first-order chi connectivity index (χ1) is 7.91. The summed E-state index contributed by atoms with van der Waals surface area (Å²) in [6.45, 7) is 4.81. The minimum atomic E-state index is -3.34. The maximum absolute atomic E-state index is 12.4. The number of thiophene rings is 1. The van der Waals surface area contributed by atoms with Crippen LogP contribution in [0.1, 0.15) is 22.6 Å². The largest absolute Gasteiger partial charge is 0.327 e. The highest BCUT2D eigenvalue weighted by Gasteiger charge is 2.30. The van der Waals surface area contributed by atoms with Crippen LogP contribution in [0.15, 0.2) is 11.0 Å². The molecule has 0 saturated carbocycles. The molecule has 2 N–H and O–H groups in total. The third-order valence-electron chi connectivity index (χ3n) is 3.03. The van der Waals surface area contributed by atoms with Gasteiger partial charge in [-0.05, 0) is 32.8 Å². The fraction of sp³-hybridized carbons (Fsp3) is 0.636. The lowest BCUT2D eigenvalue weighted by molar-refractivity contribution is 0.316. The van der Waals surface area contributed by atoms with Gasteiger partial charge in [0.2, 0.25) is 10.0 Å². The third kappa shape index (κ3) is 3.05. The standard InChI is InChI=1S/C11H18N2O2S2.ClH/c1-8-6-11(9(2)16-8)17(14,15)13-5-3-4-10(12)7-13;/h6,10H,3-5,7,12H2,1-2H3;1H. The number of halogens is 1.